The Hall–Kier alpha value is -2.40. The molecule has 0 aromatic heterocycles. The molecule has 0 saturated carbocycles. The van der Waals surface area contributed by atoms with Crippen LogP contribution in [0.25, 0.3) is 0 Å². The SMILES string of the molecule is C/C(=N/N=C1\SCC(=O)N1c1ccccc1)c1ccc(C)cc1. The van der Waals surface area contributed by atoms with Crippen molar-refractivity contribution >= 4 is 34.2 Å². The Kier molecular flexibility index (Phi) is 4.57. The summed E-state index contributed by atoms with van der Waals surface area (Å²) in [5.74, 6) is 0.426. The lowest BCUT2D eigenvalue weighted by Gasteiger charge is -2.14. The van der Waals surface area contributed by atoms with E-state index in [0.29, 0.717) is 10.9 Å². The molecule has 0 spiro atoms. The highest BCUT2D eigenvalue weighted by Crippen LogP contribution is 2.26. The van der Waals surface area contributed by atoms with Crippen molar-refractivity contribution in [1.82, 2.24) is 0 Å². The zero-order valence-corrected chi connectivity index (χ0v) is 13.9. The molecule has 1 fully saturated rings. The van der Waals surface area contributed by atoms with Crippen LogP contribution in [-0.2, 0) is 4.79 Å². The Morgan fingerprint density at radius 3 is 2.48 bits per heavy atom. The molecule has 4 nitrogen and oxygen atoms in total. The number of anilines is 1. The van der Waals surface area contributed by atoms with Crippen molar-refractivity contribution in [3.63, 3.8) is 0 Å². The van der Waals surface area contributed by atoms with Gasteiger partial charge in [0.25, 0.3) is 0 Å². The molecule has 5 heteroatoms. The molecule has 1 aliphatic heterocycles. The Bertz CT molecular complexity index is 767. The fourth-order valence-electron chi connectivity index (χ4n) is 2.24. The number of amides is 1. The molecule has 3 rings (SSSR count). The summed E-state index contributed by atoms with van der Waals surface area (Å²) >= 11 is 1.41. The van der Waals surface area contributed by atoms with Crippen LogP contribution in [0.5, 0.6) is 0 Å². The van der Waals surface area contributed by atoms with E-state index < -0.39 is 0 Å². The van der Waals surface area contributed by atoms with Crippen molar-refractivity contribution in [2.24, 2.45) is 10.2 Å². The number of carbonyl (C=O) groups excluding carboxylic acids is 1. The van der Waals surface area contributed by atoms with E-state index in [9.17, 15) is 4.79 Å². The quantitative estimate of drug-likeness (QED) is 0.636. The maximum atomic E-state index is 12.1. The van der Waals surface area contributed by atoms with E-state index in [1.807, 2.05) is 61.5 Å². The third kappa shape index (κ3) is 3.51. The van der Waals surface area contributed by atoms with Crippen molar-refractivity contribution < 1.29 is 4.79 Å². The first-order valence-corrected chi connectivity index (χ1v) is 8.34. The van der Waals surface area contributed by atoms with Crippen LogP contribution in [0.4, 0.5) is 5.69 Å². The minimum Gasteiger partial charge on any atom is -0.273 e. The molecule has 2 aromatic carbocycles. The van der Waals surface area contributed by atoms with Crippen LogP contribution in [0.1, 0.15) is 18.1 Å². The van der Waals surface area contributed by atoms with Gasteiger partial charge in [-0.2, -0.15) is 5.10 Å². The number of carbonyl (C=O) groups is 1. The molecule has 116 valence electrons. The summed E-state index contributed by atoms with van der Waals surface area (Å²) in [6, 6.07) is 17.7. The lowest BCUT2D eigenvalue weighted by atomic mass is 10.1. The molecule has 0 unspecified atom stereocenters. The van der Waals surface area contributed by atoms with Crippen LogP contribution < -0.4 is 4.90 Å². The minimum absolute atomic E-state index is 0.0307. The normalized spacial score (nSPS) is 17.1. The van der Waals surface area contributed by atoms with Crippen LogP contribution in [0.15, 0.2) is 64.8 Å². The number of para-hydroxylation sites is 1. The molecule has 23 heavy (non-hydrogen) atoms. The van der Waals surface area contributed by atoms with Gasteiger partial charge in [-0.15, -0.1) is 5.10 Å². The number of rotatable bonds is 3. The fourth-order valence-corrected chi connectivity index (χ4v) is 3.05. The zero-order chi connectivity index (χ0) is 16.2. The summed E-state index contributed by atoms with van der Waals surface area (Å²) in [6.45, 7) is 3.97. The van der Waals surface area contributed by atoms with Gasteiger partial charge in [0.15, 0.2) is 5.17 Å². The molecular formula is C18H17N3OS. The van der Waals surface area contributed by atoms with Crippen molar-refractivity contribution in [3.05, 3.63) is 65.7 Å². The van der Waals surface area contributed by atoms with E-state index in [2.05, 4.69) is 17.1 Å². The van der Waals surface area contributed by atoms with Crippen molar-refractivity contribution in [2.75, 3.05) is 10.7 Å². The van der Waals surface area contributed by atoms with Crippen LogP contribution in [0, 0.1) is 6.92 Å². The third-order valence-corrected chi connectivity index (χ3v) is 4.45. The second-order valence-electron chi connectivity index (χ2n) is 5.29. The highest BCUT2D eigenvalue weighted by atomic mass is 32.2. The lowest BCUT2D eigenvalue weighted by molar-refractivity contribution is -0.115. The molecule has 0 atom stereocenters. The fraction of sp³-hybridized carbons (Fsp3) is 0.167. The van der Waals surface area contributed by atoms with Gasteiger partial charge in [0.1, 0.15) is 0 Å². The Balaban J connectivity index is 1.87. The predicted molar refractivity (Wildman–Crippen MR) is 97.2 cm³/mol. The van der Waals surface area contributed by atoms with Gasteiger partial charge in [-0.1, -0.05) is 59.8 Å². The monoisotopic (exact) mass is 323 g/mol. The number of hydrogen-bond acceptors (Lipinski definition) is 4. The van der Waals surface area contributed by atoms with Gasteiger partial charge in [-0.25, -0.2) is 0 Å². The summed E-state index contributed by atoms with van der Waals surface area (Å²) in [4.78, 5) is 13.7. The van der Waals surface area contributed by atoms with Gasteiger partial charge in [0, 0.05) is 0 Å². The van der Waals surface area contributed by atoms with E-state index in [-0.39, 0.29) is 5.91 Å². The van der Waals surface area contributed by atoms with E-state index in [1.54, 1.807) is 4.90 Å². The van der Waals surface area contributed by atoms with Gasteiger partial charge in [0.2, 0.25) is 5.91 Å². The standard InChI is InChI=1S/C18H17N3OS/c1-13-8-10-15(11-9-13)14(2)19-20-18-21(17(22)12-23-18)16-6-4-3-5-7-16/h3-11H,12H2,1-2H3/b19-14-,20-18-. The van der Waals surface area contributed by atoms with Crippen LogP contribution in [0.3, 0.4) is 0 Å². The highest BCUT2D eigenvalue weighted by molar-refractivity contribution is 8.15. The van der Waals surface area contributed by atoms with Gasteiger partial charge < -0.3 is 0 Å². The topological polar surface area (TPSA) is 45.0 Å². The largest absolute Gasteiger partial charge is 0.273 e. The number of benzene rings is 2. The first-order chi connectivity index (χ1) is 11.1. The van der Waals surface area contributed by atoms with Crippen LogP contribution in [0.2, 0.25) is 0 Å². The number of thioether (sulfide) groups is 1. The molecule has 1 aliphatic rings. The maximum absolute atomic E-state index is 12.1. The number of amidine groups is 1. The second-order valence-corrected chi connectivity index (χ2v) is 6.23. The summed E-state index contributed by atoms with van der Waals surface area (Å²) in [5, 5.41) is 9.23. The lowest BCUT2D eigenvalue weighted by Crippen LogP contribution is -2.28. The summed E-state index contributed by atoms with van der Waals surface area (Å²) in [7, 11) is 0. The van der Waals surface area contributed by atoms with Crippen LogP contribution in [-0.4, -0.2) is 22.5 Å². The van der Waals surface area contributed by atoms with Crippen molar-refractivity contribution in [2.45, 2.75) is 13.8 Å². The molecule has 0 radical (unpaired) electrons. The smallest absolute Gasteiger partial charge is 0.243 e. The second kappa shape index (κ2) is 6.79. The van der Waals surface area contributed by atoms with E-state index in [1.165, 1.54) is 17.3 Å². The first-order valence-electron chi connectivity index (χ1n) is 7.35. The predicted octanol–water partition coefficient (Wildman–Crippen LogP) is 3.86. The maximum Gasteiger partial charge on any atom is 0.243 e. The van der Waals surface area contributed by atoms with Gasteiger partial charge in [-0.3, -0.25) is 9.69 Å². The molecule has 1 heterocycles. The third-order valence-electron chi connectivity index (χ3n) is 3.53. The molecule has 0 aliphatic carbocycles. The highest BCUT2D eigenvalue weighted by Gasteiger charge is 2.29. The summed E-state index contributed by atoms with van der Waals surface area (Å²) < 4.78 is 0. The number of hydrogen-bond donors (Lipinski definition) is 0. The average molecular weight is 323 g/mol. The van der Waals surface area contributed by atoms with Crippen molar-refractivity contribution in [1.29, 1.82) is 0 Å². The Morgan fingerprint density at radius 2 is 1.78 bits per heavy atom. The Morgan fingerprint density at radius 1 is 1.09 bits per heavy atom. The van der Waals surface area contributed by atoms with Gasteiger partial charge in [-0.05, 0) is 31.5 Å². The summed E-state index contributed by atoms with van der Waals surface area (Å²) in [6.07, 6.45) is 0. The molecule has 1 saturated heterocycles. The van der Waals surface area contributed by atoms with Gasteiger partial charge in [0.05, 0.1) is 17.2 Å². The summed E-state index contributed by atoms with van der Waals surface area (Å²) in [5.41, 5.74) is 3.88. The average Bonchev–Trinajstić information content (AvgIpc) is 2.95. The molecule has 1 amide bonds. The van der Waals surface area contributed by atoms with Crippen LogP contribution >= 0.6 is 11.8 Å². The molecule has 2 aromatic rings. The molecule has 0 bridgehead atoms. The number of aryl methyl sites for hydroxylation is 1. The first kappa shape index (κ1) is 15.5. The van der Waals surface area contributed by atoms with Crippen molar-refractivity contribution in [3.8, 4) is 0 Å². The zero-order valence-electron chi connectivity index (χ0n) is 13.1. The minimum atomic E-state index is 0.0307. The van der Waals surface area contributed by atoms with E-state index in [4.69, 9.17) is 0 Å². The molecular weight excluding hydrogens is 306 g/mol. The van der Waals surface area contributed by atoms with E-state index in [0.717, 1.165) is 17.0 Å². The van der Waals surface area contributed by atoms with Gasteiger partial charge >= 0.3 is 0 Å². The number of nitrogens with zero attached hydrogens (tertiary/aromatic N) is 3. The van der Waals surface area contributed by atoms with E-state index >= 15 is 0 Å². The Labute approximate surface area is 139 Å². The molecule has 0 N–H and O–H groups in total.